The van der Waals surface area contributed by atoms with Gasteiger partial charge in [0.25, 0.3) is 21.8 Å². The number of esters is 1. The number of aromatic nitrogens is 1. The Morgan fingerprint density at radius 3 is 2.31 bits per heavy atom. The molecule has 0 aliphatic rings. The quantitative estimate of drug-likeness (QED) is 0.395. The molecule has 0 radical (unpaired) electrons. The Balaban J connectivity index is 1.59. The summed E-state index contributed by atoms with van der Waals surface area (Å²) in [6.45, 7) is 2.68. The maximum Gasteiger partial charge on any atom is 0.356 e. The number of carbonyl (C=O) groups excluding carboxylic acids is 3. The first-order valence-corrected chi connectivity index (χ1v) is 12.4. The molecule has 0 aliphatic heterocycles. The topological polar surface area (TPSA) is 141 Å². The summed E-state index contributed by atoms with van der Waals surface area (Å²) in [5.74, 6) is -1.16. The fraction of sp³-hybridized carbons (Fsp3) is 0.200. The smallest absolute Gasteiger partial charge is 0.356 e. The highest BCUT2D eigenvalue weighted by molar-refractivity contribution is 7.90. The van der Waals surface area contributed by atoms with E-state index in [-0.39, 0.29) is 28.6 Å². The minimum absolute atomic E-state index is 0.0146. The average molecular weight is 512 g/mol. The number of nitrogens with one attached hydrogen (secondary N) is 2. The number of ether oxygens (including phenoxy) is 2. The van der Waals surface area contributed by atoms with Gasteiger partial charge in [-0.15, -0.1) is 0 Å². The van der Waals surface area contributed by atoms with Crippen LogP contribution in [-0.4, -0.2) is 51.4 Å². The Morgan fingerprint density at radius 2 is 1.67 bits per heavy atom. The van der Waals surface area contributed by atoms with Gasteiger partial charge in [0.2, 0.25) is 0 Å². The monoisotopic (exact) mass is 511 g/mol. The summed E-state index contributed by atoms with van der Waals surface area (Å²) < 4.78 is 37.3. The van der Waals surface area contributed by atoms with Crippen LogP contribution in [0, 0.1) is 0 Å². The molecule has 1 heterocycles. The molecule has 10 nitrogen and oxygen atoms in total. The summed E-state index contributed by atoms with van der Waals surface area (Å²) in [6, 6.07) is 15.3. The predicted octanol–water partition coefficient (Wildman–Crippen LogP) is 2.36. The third kappa shape index (κ3) is 6.89. The van der Waals surface area contributed by atoms with Crippen LogP contribution in [0.5, 0.6) is 5.75 Å². The van der Waals surface area contributed by atoms with Crippen molar-refractivity contribution in [1.29, 1.82) is 0 Å². The maximum absolute atomic E-state index is 12.7. The van der Waals surface area contributed by atoms with Crippen molar-refractivity contribution in [3.63, 3.8) is 0 Å². The molecule has 2 aromatic carbocycles. The Kier molecular flexibility index (Phi) is 8.74. The van der Waals surface area contributed by atoms with E-state index < -0.39 is 21.9 Å². The number of hydrogen-bond donors (Lipinski definition) is 2. The van der Waals surface area contributed by atoms with E-state index in [2.05, 4.69) is 15.0 Å². The van der Waals surface area contributed by atoms with Gasteiger partial charge in [0.1, 0.15) is 11.4 Å². The van der Waals surface area contributed by atoms with E-state index in [4.69, 9.17) is 4.74 Å². The zero-order valence-corrected chi connectivity index (χ0v) is 20.5. The number of amides is 2. The van der Waals surface area contributed by atoms with Crippen LogP contribution in [0.15, 0.2) is 71.8 Å². The molecule has 11 heteroatoms. The maximum atomic E-state index is 12.7. The van der Waals surface area contributed by atoms with Crippen LogP contribution in [0.3, 0.4) is 0 Å². The van der Waals surface area contributed by atoms with E-state index in [0.29, 0.717) is 29.9 Å². The average Bonchev–Trinajstić information content (AvgIpc) is 2.89. The molecule has 0 saturated heterocycles. The number of methoxy groups -OCH3 is 1. The third-order valence-electron chi connectivity index (χ3n) is 4.98. The van der Waals surface area contributed by atoms with E-state index in [0.717, 1.165) is 6.20 Å². The van der Waals surface area contributed by atoms with Gasteiger partial charge in [-0.25, -0.2) is 22.9 Å². The molecule has 1 aromatic heterocycles. The lowest BCUT2D eigenvalue weighted by Gasteiger charge is -2.10. The Hall–Kier alpha value is -4.25. The molecule has 0 saturated carbocycles. The summed E-state index contributed by atoms with van der Waals surface area (Å²) in [5.41, 5.74) is 1.08. The number of benzene rings is 2. The minimum atomic E-state index is -4.17. The van der Waals surface area contributed by atoms with Crippen LogP contribution in [0.25, 0.3) is 0 Å². The van der Waals surface area contributed by atoms with Crippen LogP contribution in [-0.2, 0) is 21.2 Å². The van der Waals surface area contributed by atoms with Gasteiger partial charge < -0.3 is 14.8 Å². The number of carbonyl (C=O) groups is 3. The lowest BCUT2D eigenvalue weighted by molar-refractivity contribution is 0.0593. The normalized spacial score (nSPS) is 10.8. The standard InChI is InChI=1S/C25H25N3O7S/c1-3-35-20-10-7-18(8-11-20)23(29)26-14-13-17-5-4-6-21(15-17)36(32,33)28-24(30)19-9-12-22(27-16-19)25(31)34-2/h4-12,15-16H,3,13-14H2,1-2H3,(H,26,29)(H,28,30). The van der Waals surface area contributed by atoms with E-state index >= 15 is 0 Å². The molecule has 0 spiro atoms. The molecule has 2 amide bonds. The summed E-state index contributed by atoms with van der Waals surface area (Å²) >= 11 is 0. The Morgan fingerprint density at radius 1 is 0.944 bits per heavy atom. The fourth-order valence-electron chi connectivity index (χ4n) is 3.15. The first kappa shape index (κ1) is 26.4. The largest absolute Gasteiger partial charge is 0.494 e. The van der Waals surface area contributed by atoms with Crippen LogP contribution < -0.4 is 14.8 Å². The molecule has 0 aliphatic carbocycles. The highest BCUT2D eigenvalue weighted by Gasteiger charge is 2.20. The van der Waals surface area contributed by atoms with E-state index in [1.807, 2.05) is 11.6 Å². The summed E-state index contributed by atoms with van der Waals surface area (Å²) in [6.07, 6.45) is 1.46. The first-order chi connectivity index (χ1) is 17.2. The zero-order chi connectivity index (χ0) is 26.1. The molecule has 3 rings (SSSR count). The molecule has 0 unspecified atom stereocenters. The number of nitrogens with zero attached hydrogens (tertiary/aromatic N) is 1. The molecule has 3 aromatic rings. The van der Waals surface area contributed by atoms with Crippen molar-refractivity contribution >= 4 is 27.8 Å². The lowest BCUT2D eigenvalue weighted by atomic mass is 10.1. The fourth-order valence-corrected chi connectivity index (χ4v) is 4.20. The summed E-state index contributed by atoms with van der Waals surface area (Å²) in [4.78, 5) is 39.9. The van der Waals surface area contributed by atoms with Crippen LogP contribution in [0.1, 0.15) is 43.7 Å². The second-order valence-corrected chi connectivity index (χ2v) is 9.15. The van der Waals surface area contributed by atoms with Crippen LogP contribution >= 0.6 is 0 Å². The second kappa shape index (κ2) is 11.9. The van der Waals surface area contributed by atoms with Crippen molar-refractivity contribution in [3.05, 3.63) is 89.2 Å². The molecule has 0 fully saturated rings. The highest BCUT2D eigenvalue weighted by atomic mass is 32.2. The van der Waals surface area contributed by atoms with Gasteiger partial charge in [0.05, 0.1) is 24.2 Å². The molecule has 188 valence electrons. The van der Waals surface area contributed by atoms with Gasteiger partial charge in [0.15, 0.2) is 0 Å². The van der Waals surface area contributed by atoms with E-state index in [1.54, 1.807) is 36.4 Å². The van der Waals surface area contributed by atoms with Gasteiger partial charge in [0, 0.05) is 18.3 Å². The second-order valence-electron chi connectivity index (χ2n) is 7.47. The number of rotatable bonds is 10. The van der Waals surface area contributed by atoms with Gasteiger partial charge in [-0.3, -0.25) is 9.59 Å². The summed E-state index contributed by atoms with van der Waals surface area (Å²) in [5, 5.41) is 2.79. The van der Waals surface area contributed by atoms with Crippen molar-refractivity contribution < 1.29 is 32.3 Å². The van der Waals surface area contributed by atoms with E-state index in [9.17, 15) is 22.8 Å². The lowest BCUT2D eigenvalue weighted by Crippen LogP contribution is -2.31. The molecule has 2 N–H and O–H groups in total. The molecule has 0 bridgehead atoms. The number of hydrogen-bond acceptors (Lipinski definition) is 8. The Bertz CT molecular complexity index is 1340. The molecular formula is C25H25N3O7S. The predicted molar refractivity (Wildman–Crippen MR) is 130 cm³/mol. The molecular weight excluding hydrogens is 486 g/mol. The van der Waals surface area contributed by atoms with Crippen molar-refractivity contribution in [2.75, 3.05) is 20.3 Å². The van der Waals surface area contributed by atoms with Crippen molar-refractivity contribution in [1.82, 2.24) is 15.0 Å². The third-order valence-corrected chi connectivity index (χ3v) is 6.31. The first-order valence-electron chi connectivity index (χ1n) is 10.9. The number of sulfonamides is 1. The summed E-state index contributed by atoms with van der Waals surface area (Å²) in [7, 11) is -2.98. The van der Waals surface area contributed by atoms with Gasteiger partial charge in [-0.05, 0) is 67.4 Å². The van der Waals surface area contributed by atoms with Crippen molar-refractivity contribution in [2.45, 2.75) is 18.2 Å². The molecule has 0 atom stereocenters. The van der Waals surface area contributed by atoms with Gasteiger partial charge in [-0.2, -0.15) is 0 Å². The van der Waals surface area contributed by atoms with Crippen molar-refractivity contribution in [2.24, 2.45) is 0 Å². The highest BCUT2D eigenvalue weighted by Crippen LogP contribution is 2.14. The SMILES string of the molecule is CCOc1ccc(C(=O)NCCc2cccc(S(=O)(=O)NC(=O)c3ccc(C(=O)OC)nc3)c2)cc1. The van der Waals surface area contributed by atoms with Crippen LogP contribution in [0.2, 0.25) is 0 Å². The van der Waals surface area contributed by atoms with Gasteiger partial charge >= 0.3 is 5.97 Å². The minimum Gasteiger partial charge on any atom is -0.494 e. The zero-order valence-electron chi connectivity index (χ0n) is 19.7. The van der Waals surface area contributed by atoms with Gasteiger partial charge in [-0.1, -0.05) is 12.1 Å². The Labute approximate surface area is 208 Å². The van der Waals surface area contributed by atoms with E-state index in [1.165, 1.54) is 31.4 Å². The van der Waals surface area contributed by atoms with Crippen molar-refractivity contribution in [3.8, 4) is 5.75 Å². The van der Waals surface area contributed by atoms with Crippen LogP contribution in [0.4, 0.5) is 0 Å². The number of pyridine rings is 1. The molecule has 36 heavy (non-hydrogen) atoms.